The summed E-state index contributed by atoms with van der Waals surface area (Å²) in [6.07, 6.45) is 0.653. The summed E-state index contributed by atoms with van der Waals surface area (Å²) in [7, 11) is 8.54. The number of ether oxygens (including phenoxy) is 3. The minimum Gasteiger partial charge on any atom is -0.507 e. The predicted molar refractivity (Wildman–Crippen MR) is 142 cm³/mol. The number of carbonyl (C=O) groups excluding carboxylic acids is 2. The molecule has 1 unspecified atom stereocenters. The first-order valence-electron chi connectivity index (χ1n) is 12.0. The molecule has 0 aliphatic carbocycles. The van der Waals surface area contributed by atoms with Crippen LogP contribution in [0.15, 0.2) is 60.2 Å². The first-order chi connectivity index (χ1) is 17.8. The number of fused-ring (bicyclic) bond motifs is 1. The minimum atomic E-state index is -0.834. The molecule has 0 bridgehead atoms. The first kappa shape index (κ1) is 26.0. The maximum absolute atomic E-state index is 13.4. The Balaban J connectivity index is 1.88. The molecule has 4 rings (SSSR count). The smallest absolute Gasteiger partial charge is 0.295 e. The van der Waals surface area contributed by atoms with E-state index in [-0.39, 0.29) is 11.3 Å². The fraction of sp³-hybridized carbons (Fsp3) is 0.310. The van der Waals surface area contributed by atoms with Crippen molar-refractivity contribution < 1.29 is 28.9 Å². The molecule has 1 fully saturated rings. The van der Waals surface area contributed by atoms with Crippen LogP contribution in [0, 0.1) is 0 Å². The van der Waals surface area contributed by atoms with Gasteiger partial charge < -0.3 is 29.1 Å². The third kappa shape index (κ3) is 4.97. The lowest BCUT2D eigenvalue weighted by Gasteiger charge is -2.27. The number of carbonyl (C=O) groups is 2. The Kier molecular flexibility index (Phi) is 7.69. The van der Waals surface area contributed by atoms with Crippen molar-refractivity contribution in [2.75, 3.05) is 48.5 Å². The fourth-order valence-electron chi connectivity index (χ4n) is 4.77. The second-order valence-electron chi connectivity index (χ2n) is 9.16. The number of methoxy groups -OCH3 is 3. The summed E-state index contributed by atoms with van der Waals surface area (Å²) in [6, 6.07) is 15.5. The van der Waals surface area contributed by atoms with Crippen molar-refractivity contribution in [3.05, 3.63) is 71.3 Å². The van der Waals surface area contributed by atoms with Crippen molar-refractivity contribution in [1.82, 2.24) is 9.80 Å². The zero-order chi connectivity index (χ0) is 26.7. The molecular formula is C29H32N2O6. The minimum absolute atomic E-state index is 0.0225. The van der Waals surface area contributed by atoms with Crippen LogP contribution in [0.3, 0.4) is 0 Å². The van der Waals surface area contributed by atoms with Gasteiger partial charge in [-0.3, -0.25) is 9.59 Å². The third-order valence-electron chi connectivity index (χ3n) is 6.59. The van der Waals surface area contributed by atoms with Gasteiger partial charge in [0.2, 0.25) is 0 Å². The second kappa shape index (κ2) is 10.9. The van der Waals surface area contributed by atoms with Gasteiger partial charge in [-0.2, -0.15) is 0 Å². The number of nitrogens with zero attached hydrogens (tertiary/aromatic N) is 2. The SMILES string of the molecule is COc1ccc2cc(/C(O)=C3\C(=O)C(=O)N(CCCN(C)C)C3c3cccc(OC)c3OC)ccc2c1. The van der Waals surface area contributed by atoms with Gasteiger partial charge in [-0.05, 0) is 62.1 Å². The third-order valence-corrected chi connectivity index (χ3v) is 6.59. The molecule has 37 heavy (non-hydrogen) atoms. The molecule has 1 atom stereocenters. The van der Waals surface area contributed by atoms with E-state index in [1.165, 1.54) is 19.1 Å². The lowest BCUT2D eigenvalue weighted by atomic mass is 9.93. The Bertz CT molecular complexity index is 1360. The fourth-order valence-corrected chi connectivity index (χ4v) is 4.77. The predicted octanol–water partition coefficient (Wildman–Crippen LogP) is 4.24. The number of rotatable bonds is 9. The van der Waals surface area contributed by atoms with Crippen molar-refractivity contribution >= 4 is 28.2 Å². The molecule has 194 valence electrons. The van der Waals surface area contributed by atoms with Gasteiger partial charge in [0.1, 0.15) is 11.5 Å². The van der Waals surface area contributed by atoms with E-state index in [0.29, 0.717) is 35.6 Å². The number of likely N-dealkylation sites (tertiary alicyclic amines) is 1. The average Bonchev–Trinajstić information content (AvgIpc) is 3.16. The highest BCUT2D eigenvalue weighted by atomic mass is 16.5. The molecule has 8 heteroatoms. The van der Waals surface area contributed by atoms with Crippen LogP contribution < -0.4 is 14.2 Å². The summed E-state index contributed by atoms with van der Waals surface area (Å²) in [4.78, 5) is 30.2. The molecule has 1 saturated heterocycles. The highest BCUT2D eigenvalue weighted by molar-refractivity contribution is 6.46. The van der Waals surface area contributed by atoms with Crippen molar-refractivity contribution in [2.24, 2.45) is 0 Å². The molecule has 0 aromatic heterocycles. The molecule has 0 saturated carbocycles. The molecule has 1 N–H and O–H groups in total. The van der Waals surface area contributed by atoms with Crippen LogP contribution in [0.25, 0.3) is 16.5 Å². The van der Waals surface area contributed by atoms with Gasteiger partial charge in [0.15, 0.2) is 11.5 Å². The molecule has 1 aliphatic rings. The van der Waals surface area contributed by atoms with Gasteiger partial charge in [0.05, 0.1) is 32.9 Å². The zero-order valence-electron chi connectivity index (χ0n) is 21.8. The van der Waals surface area contributed by atoms with Crippen molar-refractivity contribution in [1.29, 1.82) is 0 Å². The molecule has 3 aromatic carbocycles. The molecule has 1 amide bonds. The normalized spacial score (nSPS) is 17.0. The summed E-state index contributed by atoms with van der Waals surface area (Å²) in [5.74, 6) is -0.0173. The van der Waals surface area contributed by atoms with Crippen LogP contribution in [-0.2, 0) is 9.59 Å². The van der Waals surface area contributed by atoms with Crippen LogP contribution in [0.2, 0.25) is 0 Å². The Morgan fingerprint density at radius 3 is 2.35 bits per heavy atom. The highest BCUT2D eigenvalue weighted by Crippen LogP contribution is 2.45. The number of para-hydroxylation sites is 1. The molecule has 8 nitrogen and oxygen atoms in total. The van der Waals surface area contributed by atoms with E-state index in [9.17, 15) is 14.7 Å². The average molecular weight is 505 g/mol. The summed E-state index contributed by atoms with van der Waals surface area (Å²) in [5.41, 5.74) is 1.03. The van der Waals surface area contributed by atoms with Gasteiger partial charge in [-0.1, -0.05) is 30.3 Å². The molecular weight excluding hydrogens is 472 g/mol. The standard InChI is InChI=1S/C29H32N2O6/c1-30(2)14-7-15-31-25(22-8-6-9-23(36-4)28(22)37-5)24(27(33)29(31)34)26(32)20-11-10-19-17-21(35-3)13-12-18(19)16-20/h6,8-13,16-17,25,32H,7,14-15H2,1-5H3/b26-24+. The first-order valence-corrected chi connectivity index (χ1v) is 12.0. The van der Waals surface area contributed by atoms with E-state index in [1.807, 2.05) is 43.3 Å². The maximum atomic E-state index is 13.4. The van der Waals surface area contributed by atoms with E-state index in [2.05, 4.69) is 0 Å². The largest absolute Gasteiger partial charge is 0.507 e. The summed E-state index contributed by atoms with van der Waals surface area (Å²) in [6.45, 7) is 1.07. The Labute approximate surface area is 216 Å². The number of hydrogen-bond acceptors (Lipinski definition) is 7. The number of Topliss-reactive ketones (excluding diaryl/α,β-unsaturated/α-hetero) is 1. The number of amides is 1. The zero-order valence-corrected chi connectivity index (χ0v) is 21.8. The van der Waals surface area contributed by atoms with Crippen molar-refractivity contribution in [3.63, 3.8) is 0 Å². The van der Waals surface area contributed by atoms with Crippen LogP contribution in [0.4, 0.5) is 0 Å². The van der Waals surface area contributed by atoms with E-state index >= 15 is 0 Å². The number of ketones is 1. The summed E-state index contributed by atoms with van der Waals surface area (Å²) < 4.78 is 16.4. The van der Waals surface area contributed by atoms with Crippen molar-refractivity contribution in [2.45, 2.75) is 12.5 Å². The number of aliphatic hydroxyl groups is 1. The molecule has 0 radical (unpaired) electrons. The van der Waals surface area contributed by atoms with Gasteiger partial charge >= 0.3 is 0 Å². The monoisotopic (exact) mass is 504 g/mol. The quantitative estimate of drug-likeness (QED) is 0.265. The number of benzene rings is 3. The molecule has 3 aromatic rings. The van der Waals surface area contributed by atoms with Crippen LogP contribution in [0.5, 0.6) is 17.2 Å². The Morgan fingerprint density at radius 2 is 1.68 bits per heavy atom. The van der Waals surface area contributed by atoms with Crippen molar-refractivity contribution in [3.8, 4) is 17.2 Å². The lowest BCUT2D eigenvalue weighted by molar-refractivity contribution is -0.140. The second-order valence-corrected chi connectivity index (χ2v) is 9.16. The Hall–Kier alpha value is -4.04. The van der Waals surface area contributed by atoms with Gasteiger partial charge in [-0.15, -0.1) is 0 Å². The van der Waals surface area contributed by atoms with E-state index < -0.39 is 17.7 Å². The molecule has 1 aliphatic heterocycles. The van der Waals surface area contributed by atoms with Crippen LogP contribution in [-0.4, -0.2) is 75.1 Å². The van der Waals surface area contributed by atoms with Crippen LogP contribution in [0.1, 0.15) is 23.6 Å². The van der Waals surface area contributed by atoms with Gasteiger partial charge in [0.25, 0.3) is 11.7 Å². The van der Waals surface area contributed by atoms with E-state index in [1.54, 1.807) is 37.4 Å². The van der Waals surface area contributed by atoms with E-state index in [4.69, 9.17) is 14.2 Å². The van der Waals surface area contributed by atoms with Gasteiger partial charge in [-0.25, -0.2) is 0 Å². The topological polar surface area (TPSA) is 88.5 Å². The van der Waals surface area contributed by atoms with Crippen LogP contribution >= 0.6 is 0 Å². The summed E-state index contributed by atoms with van der Waals surface area (Å²) in [5, 5.41) is 13.3. The maximum Gasteiger partial charge on any atom is 0.295 e. The highest BCUT2D eigenvalue weighted by Gasteiger charge is 2.47. The van der Waals surface area contributed by atoms with Gasteiger partial charge in [0, 0.05) is 17.7 Å². The molecule has 0 spiro atoms. The van der Waals surface area contributed by atoms with E-state index in [0.717, 1.165) is 23.1 Å². The lowest BCUT2D eigenvalue weighted by Crippen LogP contribution is -2.32. The number of aliphatic hydroxyl groups excluding tert-OH is 1. The summed E-state index contributed by atoms with van der Waals surface area (Å²) >= 11 is 0. The Morgan fingerprint density at radius 1 is 0.946 bits per heavy atom. The molecule has 1 heterocycles. The number of hydrogen-bond donors (Lipinski definition) is 1.